The molecule has 0 radical (unpaired) electrons. The van der Waals surface area contributed by atoms with Crippen molar-refractivity contribution in [3.8, 4) is 11.3 Å². The predicted molar refractivity (Wildman–Crippen MR) is 138 cm³/mol. The lowest BCUT2D eigenvalue weighted by Crippen LogP contribution is -2.37. The summed E-state index contributed by atoms with van der Waals surface area (Å²) in [5.74, 6) is 1.62. The van der Waals surface area contributed by atoms with E-state index in [4.69, 9.17) is 9.26 Å². The van der Waals surface area contributed by atoms with Crippen LogP contribution in [0.25, 0.3) is 11.3 Å². The maximum absolute atomic E-state index is 10.8. The summed E-state index contributed by atoms with van der Waals surface area (Å²) in [6.07, 6.45) is 5.63. The van der Waals surface area contributed by atoms with E-state index in [1.807, 2.05) is 48.5 Å². The van der Waals surface area contributed by atoms with Gasteiger partial charge in [0.2, 0.25) is 5.88 Å². The van der Waals surface area contributed by atoms with Crippen LogP contribution in [0.15, 0.2) is 65.2 Å². The molecule has 1 saturated carbocycles. The first-order chi connectivity index (χ1) is 17.3. The van der Waals surface area contributed by atoms with Crippen LogP contribution in [0.3, 0.4) is 0 Å². The lowest BCUT2D eigenvalue weighted by Gasteiger charge is -2.29. The first kappa shape index (κ1) is 24.0. The van der Waals surface area contributed by atoms with E-state index in [1.165, 1.54) is 32.1 Å². The highest BCUT2D eigenvalue weighted by atomic mass is 16.5. The number of anilines is 1. The minimum Gasteiger partial charge on any atom is -0.389 e. The van der Waals surface area contributed by atoms with Crippen LogP contribution >= 0.6 is 0 Å². The highest BCUT2D eigenvalue weighted by molar-refractivity contribution is 5.68. The molecule has 1 atom stereocenters. The third-order valence-electron chi connectivity index (χ3n) is 6.94. The van der Waals surface area contributed by atoms with Gasteiger partial charge in [-0.25, -0.2) is 0 Å². The number of aromatic nitrogens is 1. The number of ether oxygens (including phenoxy) is 1. The van der Waals surface area contributed by atoms with Crippen LogP contribution in [-0.2, 0) is 17.9 Å². The van der Waals surface area contributed by atoms with E-state index in [0.717, 1.165) is 47.9 Å². The van der Waals surface area contributed by atoms with E-state index in [2.05, 4.69) is 27.1 Å². The van der Waals surface area contributed by atoms with Crippen LogP contribution in [-0.4, -0.2) is 54.1 Å². The van der Waals surface area contributed by atoms with Crippen LogP contribution in [0, 0.1) is 5.92 Å². The Labute approximate surface area is 208 Å². The highest BCUT2D eigenvalue weighted by Gasteiger charge is 2.29. The van der Waals surface area contributed by atoms with Gasteiger partial charge in [-0.3, -0.25) is 4.90 Å². The quantitative estimate of drug-likeness (QED) is 0.392. The molecule has 6 heteroatoms. The van der Waals surface area contributed by atoms with Crippen molar-refractivity contribution in [1.82, 2.24) is 10.1 Å². The molecule has 0 amide bonds. The van der Waals surface area contributed by atoms with Gasteiger partial charge in [0.25, 0.3) is 0 Å². The largest absolute Gasteiger partial charge is 0.389 e. The van der Waals surface area contributed by atoms with Crippen molar-refractivity contribution in [2.75, 3.05) is 37.7 Å². The Morgan fingerprint density at radius 2 is 1.71 bits per heavy atom. The van der Waals surface area contributed by atoms with Gasteiger partial charge in [-0.2, -0.15) is 0 Å². The zero-order valence-corrected chi connectivity index (χ0v) is 20.5. The standard InChI is InChI=1S/C29H37N3O3/c33-26(22-34-21-24-10-4-1-5-11-24)19-31(18-23-14-15-23)20-27-28(25-12-6-2-7-13-25)30-35-29(27)32-16-8-3-9-17-32/h1-2,4-7,10-13,23,26,33H,3,8-9,14-22H2. The summed E-state index contributed by atoms with van der Waals surface area (Å²) in [5.41, 5.74) is 4.25. The molecule has 2 fully saturated rings. The number of piperidine rings is 1. The SMILES string of the molecule is OC(COCc1ccccc1)CN(Cc1c(-c2ccccc2)noc1N1CCCCC1)CC1CC1. The van der Waals surface area contributed by atoms with E-state index in [0.29, 0.717) is 32.2 Å². The molecular formula is C29H37N3O3. The third-order valence-corrected chi connectivity index (χ3v) is 6.94. The zero-order chi connectivity index (χ0) is 23.9. The van der Waals surface area contributed by atoms with Gasteiger partial charge in [0.05, 0.1) is 24.9 Å². The van der Waals surface area contributed by atoms with Gasteiger partial charge >= 0.3 is 0 Å². The summed E-state index contributed by atoms with van der Waals surface area (Å²) in [6, 6.07) is 20.4. The van der Waals surface area contributed by atoms with E-state index >= 15 is 0 Å². The molecule has 1 aliphatic carbocycles. The summed E-state index contributed by atoms with van der Waals surface area (Å²) in [7, 11) is 0. The average molecular weight is 476 g/mol. The summed E-state index contributed by atoms with van der Waals surface area (Å²) in [4.78, 5) is 4.73. The van der Waals surface area contributed by atoms with Crippen molar-refractivity contribution in [3.05, 3.63) is 71.8 Å². The average Bonchev–Trinajstić information content (AvgIpc) is 3.62. The van der Waals surface area contributed by atoms with Gasteiger partial charge in [-0.1, -0.05) is 65.8 Å². The molecule has 1 N–H and O–H groups in total. The fourth-order valence-electron chi connectivity index (χ4n) is 4.94. The van der Waals surface area contributed by atoms with Crippen LogP contribution in [0.5, 0.6) is 0 Å². The minimum atomic E-state index is -0.545. The zero-order valence-electron chi connectivity index (χ0n) is 20.5. The van der Waals surface area contributed by atoms with E-state index in [-0.39, 0.29) is 0 Å². The minimum absolute atomic E-state index is 0.324. The molecule has 1 aliphatic heterocycles. The third kappa shape index (κ3) is 6.72. The first-order valence-corrected chi connectivity index (χ1v) is 13.1. The van der Waals surface area contributed by atoms with Crippen LogP contribution in [0.4, 0.5) is 5.88 Å². The van der Waals surface area contributed by atoms with Crippen molar-refractivity contribution in [1.29, 1.82) is 0 Å². The molecule has 0 bridgehead atoms. The molecule has 1 aromatic heterocycles. The number of benzene rings is 2. The van der Waals surface area contributed by atoms with Crippen molar-refractivity contribution < 1.29 is 14.4 Å². The highest BCUT2D eigenvalue weighted by Crippen LogP contribution is 2.35. The van der Waals surface area contributed by atoms with Gasteiger partial charge < -0.3 is 19.3 Å². The second kappa shape index (κ2) is 11.8. The van der Waals surface area contributed by atoms with Crippen LogP contribution < -0.4 is 4.90 Å². The molecule has 0 spiro atoms. The Balaban J connectivity index is 1.30. The maximum Gasteiger partial charge on any atom is 0.232 e. The predicted octanol–water partition coefficient (Wildman–Crippen LogP) is 5.12. The smallest absolute Gasteiger partial charge is 0.232 e. The van der Waals surface area contributed by atoms with Gasteiger partial charge in [0.1, 0.15) is 5.69 Å². The van der Waals surface area contributed by atoms with Gasteiger partial charge in [0.15, 0.2) is 0 Å². The van der Waals surface area contributed by atoms with Crippen molar-refractivity contribution >= 4 is 5.88 Å². The van der Waals surface area contributed by atoms with Crippen molar-refractivity contribution in [2.24, 2.45) is 5.92 Å². The molecule has 2 heterocycles. The molecule has 5 rings (SSSR count). The Kier molecular flexibility index (Phi) is 8.14. The second-order valence-corrected chi connectivity index (χ2v) is 10.0. The summed E-state index contributed by atoms with van der Waals surface area (Å²) in [6.45, 7) is 5.13. The molecule has 186 valence electrons. The first-order valence-electron chi connectivity index (χ1n) is 13.1. The van der Waals surface area contributed by atoms with E-state index < -0.39 is 6.10 Å². The van der Waals surface area contributed by atoms with Crippen molar-refractivity contribution in [3.63, 3.8) is 0 Å². The topological polar surface area (TPSA) is 62.0 Å². The summed E-state index contributed by atoms with van der Waals surface area (Å²) < 4.78 is 11.8. The maximum atomic E-state index is 10.8. The normalized spacial score (nSPS) is 17.1. The number of nitrogens with zero attached hydrogens (tertiary/aromatic N) is 3. The Hall–Kier alpha value is -2.67. The molecule has 1 saturated heterocycles. The lowest BCUT2D eigenvalue weighted by atomic mass is 10.1. The number of aliphatic hydroxyl groups excluding tert-OH is 1. The van der Waals surface area contributed by atoms with Gasteiger partial charge in [-0.15, -0.1) is 0 Å². The lowest BCUT2D eigenvalue weighted by molar-refractivity contribution is 0.00782. The summed E-state index contributed by atoms with van der Waals surface area (Å²) in [5, 5.41) is 15.4. The molecular weight excluding hydrogens is 438 g/mol. The molecule has 6 nitrogen and oxygen atoms in total. The molecule has 2 aromatic carbocycles. The Morgan fingerprint density at radius 3 is 2.43 bits per heavy atom. The van der Waals surface area contributed by atoms with Crippen LogP contribution in [0.2, 0.25) is 0 Å². The van der Waals surface area contributed by atoms with Gasteiger partial charge in [0, 0.05) is 38.3 Å². The Bertz CT molecular complexity index is 1030. The van der Waals surface area contributed by atoms with E-state index in [1.54, 1.807) is 0 Å². The molecule has 1 unspecified atom stereocenters. The monoisotopic (exact) mass is 475 g/mol. The molecule has 2 aliphatic rings. The van der Waals surface area contributed by atoms with Crippen molar-refractivity contribution in [2.45, 2.75) is 51.4 Å². The second-order valence-electron chi connectivity index (χ2n) is 10.0. The Morgan fingerprint density at radius 1 is 1.00 bits per heavy atom. The summed E-state index contributed by atoms with van der Waals surface area (Å²) >= 11 is 0. The number of hydrogen-bond donors (Lipinski definition) is 1. The fraction of sp³-hybridized carbons (Fsp3) is 0.483. The fourth-order valence-corrected chi connectivity index (χ4v) is 4.94. The van der Waals surface area contributed by atoms with Gasteiger partial charge in [-0.05, 0) is 43.6 Å². The molecule has 3 aromatic rings. The number of rotatable bonds is 12. The number of aliphatic hydroxyl groups is 1. The molecule has 35 heavy (non-hydrogen) atoms. The number of hydrogen-bond acceptors (Lipinski definition) is 6. The van der Waals surface area contributed by atoms with E-state index in [9.17, 15) is 5.11 Å². The van der Waals surface area contributed by atoms with Crippen LogP contribution in [0.1, 0.15) is 43.2 Å².